The average molecular weight is 400 g/mol. The summed E-state index contributed by atoms with van der Waals surface area (Å²) >= 11 is 6.18. The average Bonchev–Trinajstić information content (AvgIpc) is 2.67. The van der Waals surface area contributed by atoms with E-state index >= 15 is 0 Å². The zero-order valence-corrected chi connectivity index (χ0v) is 17.0. The number of fused-ring (bicyclic) bond motifs is 1. The van der Waals surface area contributed by atoms with Crippen molar-refractivity contribution in [3.63, 3.8) is 0 Å². The summed E-state index contributed by atoms with van der Waals surface area (Å²) in [5.41, 5.74) is 5.19. The van der Waals surface area contributed by atoms with Gasteiger partial charge in [-0.3, -0.25) is 9.59 Å². The molecular weight excluding hydrogens is 374 g/mol. The molecule has 6 heteroatoms. The molecular formula is C22H26ClN3O2. The number of hydrogen-bond acceptors (Lipinski definition) is 3. The lowest BCUT2D eigenvalue weighted by Gasteiger charge is -2.20. The van der Waals surface area contributed by atoms with Gasteiger partial charge in [0.1, 0.15) is 0 Å². The van der Waals surface area contributed by atoms with Crippen LogP contribution < -0.4 is 16.0 Å². The van der Waals surface area contributed by atoms with Gasteiger partial charge in [-0.2, -0.15) is 0 Å². The molecule has 1 aliphatic carbocycles. The van der Waals surface area contributed by atoms with Crippen molar-refractivity contribution >= 4 is 34.8 Å². The number of benzene rings is 2. The van der Waals surface area contributed by atoms with Crippen molar-refractivity contribution in [1.29, 1.82) is 0 Å². The third-order valence-corrected chi connectivity index (χ3v) is 5.31. The minimum atomic E-state index is -0.162. The summed E-state index contributed by atoms with van der Waals surface area (Å²) < 4.78 is 0. The number of halogens is 1. The SMILES string of the molecule is CC(=O)Nc1ccc(Cl)c(NCC(=O)NC(C)c2ccc3c(c2)CCCC3)c1. The van der Waals surface area contributed by atoms with Crippen molar-refractivity contribution in [2.24, 2.45) is 0 Å². The summed E-state index contributed by atoms with van der Waals surface area (Å²) in [5.74, 6) is -0.281. The maximum Gasteiger partial charge on any atom is 0.239 e. The molecule has 0 saturated carbocycles. The Bertz CT molecular complexity index is 882. The summed E-state index contributed by atoms with van der Waals surface area (Å²) in [7, 11) is 0. The van der Waals surface area contributed by atoms with Crippen LogP contribution >= 0.6 is 11.6 Å². The van der Waals surface area contributed by atoms with E-state index < -0.39 is 0 Å². The molecule has 3 rings (SSSR count). The Kier molecular flexibility index (Phi) is 6.57. The first kappa shape index (κ1) is 20.2. The van der Waals surface area contributed by atoms with Gasteiger partial charge in [-0.1, -0.05) is 29.8 Å². The molecule has 148 valence electrons. The van der Waals surface area contributed by atoms with Gasteiger partial charge in [0.05, 0.1) is 23.3 Å². The van der Waals surface area contributed by atoms with Gasteiger partial charge in [0.2, 0.25) is 11.8 Å². The molecule has 0 radical (unpaired) electrons. The molecule has 1 atom stereocenters. The van der Waals surface area contributed by atoms with Gasteiger partial charge in [-0.15, -0.1) is 0 Å². The van der Waals surface area contributed by atoms with E-state index in [0.717, 1.165) is 18.4 Å². The summed E-state index contributed by atoms with van der Waals surface area (Å²) in [6.07, 6.45) is 4.77. The summed E-state index contributed by atoms with van der Waals surface area (Å²) in [5, 5.41) is 9.25. The van der Waals surface area contributed by atoms with Crippen LogP contribution in [-0.2, 0) is 22.4 Å². The highest BCUT2D eigenvalue weighted by molar-refractivity contribution is 6.33. The van der Waals surface area contributed by atoms with Crippen molar-refractivity contribution in [3.05, 3.63) is 58.1 Å². The van der Waals surface area contributed by atoms with Crippen LogP contribution in [0, 0.1) is 0 Å². The zero-order valence-electron chi connectivity index (χ0n) is 16.3. The fourth-order valence-corrected chi connectivity index (χ4v) is 3.70. The Labute approximate surface area is 170 Å². The molecule has 5 nitrogen and oxygen atoms in total. The number of nitrogens with one attached hydrogen (secondary N) is 3. The number of aryl methyl sites for hydroxylation is 2. The second-order valence-corrected chi connectivity index (χ2v) is 7.66. The minimum Gasteiger partial charge on any atom is -0.375 e. The molecule has 0 aliphatic heterocycles. The van der Waals surface area contributed by atoms with Crippen molar-refractivity contribution in [2.75, 3.05) is 17.2 Å². The van der Waals surface area contributed by atoms with Gasteiger partial charge in [-0.05, 0) is 67.5 Å². The Morgan fingerprint density at radius 3 is 2.57 bits per heavy atom. The van der Waals surface area contributed by atoms with Crippen molar-refractivity contribution in [2.45, 2.75) is 45.6 Å². The fourth-order valence-electron chi connectivity index (χ4n) is 3.52. The summed E-state index contributed by atoms with van der Waals surface area (Å²) in [6.45, 7) is 3.53. The number of anilines is 2. The first-order valence-electron chi connectivity index (χ1n) is 9.64. The van der Waals surface area contributed by atoms with E-state index in [0.29, 0.717) is 16.4 Å². The van der Waals surface area contributed by atoms with E-state index in [1.165, 1.54) is 30.9 Å². The Balaban J connectivity index is 1.57. The largest absolute Gasteiger partial charge is 0.375 e. The van der Waals surface area contributed by atoms with Gasteiger partial charge >= 0.3 is 0 Å². The number of hydrogen-bond donors (Lipinski definition) is 3. The Hall–Kier alpha value is -2.53. The van der Waals surface area contributed by atoms with Crippen LogP contribution in [0.2, 0.25) is 5.02 Å². The normalized spacial score (nSPS) is 14.0. The van der Waals surface area contributed by atoms with Crippen LogP contribution in [0.1, 0.15) is 49.4 Å². The molecule has 0 saturated heterocycles. The number of carbonyl (C=O) groups excluding carboxylic acids is 2. The summed E-state index contributed by atoms with van der Waals surface area (Å²) in [6, 6.07) is 11.6. The van der Waals surface area contributed by atoms with E-state index in [1.807, 2.05) is 6.92 Å². The molecule has 3 N–H and O–H groups in total. The third kappa shape index (κ3) is 5.26. The van der Waals surface area contributed by atoms with Crippen LogP contribution in [0.5, 0.6) is 0 Å². The van der Waals surface area contributed by atoms with Crippen molar-refractivity contribution < 1.29 is 9.59 Å². The predicted molar refractivity (Wildman–Crippen MR) is 114 cm³/mol. The number of rotatable bonds is 6. The lowest BCUT2D eigenvalue weighted by Crippen LogP contribution is -2.32. The van der Waals surface area contributed by atoms with Crippen LogP contribution in [-0.4, -0.2) is 18.4 Å². The molecule has 0 spiro atoms. The third-order valence-electron chi connectivity index (χ3n) is 4.98. The van der Waals surface area contributed by atoms with Gasteiger partial charge < -0.3 is 16.0 Å². The molecule has 1 unspecified atom stereocenters. The zero-order chi connectivity index (χ0) is 20.1. The van der Waals surface area contributed by atoms with Crippen LogP contribution in [0.25, 0.3) is 0 Å². The second kappa shape index (κ2) is 9.11. The molecule has 28 heavy (non-hydrogen) atoms. The van der Waals surface area contributed by atoms with Gasteiger partial charge in [0.15, 0.2) is 0 Å². The predicted octanol–water partition coefficient (Wildman–Crippen LogP) is 4.47. The highest BCUT2D eigenvalue weighted by Gasteiger charge is 2.14. The maximum atomic E-state index is 12.4. The van der Waals surface area contributed by atoms with Crippen LogP contribution in [0.4, 0.5) is 11.4 Å². The van der Waals surface area contributed by atoms with E-state index in [1.54, 1.807) is 18.2 Å². The van der Waals surface area contributed by atoms with Crippen molar-refractivity contribution in [3.8, 4) is 0 Å². The highest BCUT2D eigenvalue weighted by atomic mass is 35.5. The van der Waals surface area contributed by atoms with E-state index in [2.05, 4.69) is 34.1 Å². The first-order chi connectivity index (χ1) is 13.4. The Morgan fingerprint density at radius 2 is 1.82 bits per heavy atom. The van der Waals surface area contributed by atoms with E-state index in [-0.39, 0.29) is 24.4 Å². The van der Waals surface area contributed by atoms with E-state index in [9.17, 15) is 9.59 Å². The monoisotopic (exact) mass is 399 g/mol. The molecule has 1 aliphatic rings. The van der Waals surface area contributed by atoms with Gasteiger partial charge in [0.25, 0.3) is 0 Å². The van der Waals surface area contributed by atoms with Gasteiger partial charge in [0, 0.05) is 12.6 Å². The molecule has 0 heterocycles. The minimum absolute atomic E-state index is 0.0669. The van der Waals surface area contributed by atoms with Crippen LogP contribution in [0.15, 0.2) is 36.4 Å². The molecule has 2 aromatic rings. The standard InChI is InChI=1S/C22H26ClN3O2/c1-14(17-8-7-16-5-3-4-6-18(16)11-17)25-22(28)13-24-21-12-19(26-15(2)27)9-10-20(21)23/h7-12,14,24H,3-6,13H2,1-2H3,(H,25,28)(H,26,27). The first-order valence-corrected chi connectivity index (χ1v) is 10.0. The topological polar surface area (TPSA) is 70.2 Å². The molecule has 0 aromatic heterocycles. The maximum absolute atomic E-state index is 12.4. The summed E-state index contributed by atoms with van der Waals surface area (Å²) in [4.78, 5) is 23.6. The molecule has 0 fully saturated rings. The smallest absolute Gasteiger partial charge is 0.239 e. The molecule has 2 aromatic carbocycles. The van der Waals surface area contributed by atoms with E-state index in [4.69, 9.17) is 11.6 Å². The molecule has 2 amide bonds. The number of amides is 2. The number of carbonyl (C=O) groups is 2. The lowest BCUT2D eigenvalue weighted by molar-refractivity contribution is -0.120. The highest BCUT2D eigenvalue weighted by Crippen LogP contribution is 2.26. The fraction of sp³-hybridized carbons (Fsp3) is 0.364. The second-order valence-electron chi connectivity index (χ2n) is 7.25. The lowest BCUT2D eigenvalue weighted by atomic mass is 9.89. The van der Waals surface area contributed by atoms with Crippen LogP contribution in [0.3, 0.4) is 0 Å². The van der Waals surface area contributed by atoms with Crippen molar-refractivity contribution in [1.82, 2.24) is 5.32 Å². The quantitative estimate of drug-likeness (QED) is 0.671. The molecule has 0 bridgehead atoms. The Morgan fingerprint density at radius 1 is 1.07 bits per heavy atom. The van der Waals surface area contributed by atoms with Gasteiger partial charge in [-0.25, -0.2) is 0 Å².